The third-order valence-corrected chi connectivity index (χ3v) is 4.40. The van der Waals surface area contributed by atoms with Gasteiger partial charge in [-0.3, -0.25) is 4.90 Å². The molecule has 0 aliphatic carbocycles. The Morgan fingerprint density at radius 2 is 2.24 bits per heavy atom. The second kappa shape index (κ2) is 4.79. The predicted molar refractivity (Wildman–Crippen MR) is 70.9 cm³/mol. The van der Waals surface area contributed by atoms with Gasteiger partial charge in [-0.25, -0.2) is 0 Å². The van der Waals surface area contributed by atoms with Gasteiger partial charge in [0.1, 0.15) is 0 Å². The molecule has 0 spiro atoms. The minimum absolute atomic E-state index is 0.608. The molecule has 1 fully saturated rings. The number of benzene rings is 1. The Balaban J connectivity index is 1.81. The number of nitrogens with one attached hydrogen (secondary N) is 1. The van der Waals surface area contributed by atoms with Gasteiger partial charge in [-0.05, 0) is 30.0 Å². The second-order valence-corrected chi connectivity index (χ2v) is 5.40. The standard InChI is InChI=1S/C15H22N2/c1-2-12-7-8-17(11-12)15-10-16-9-13-5-3-4-6-14(13)15/h3-6,12,15-16H,2,7-11H2,1H3. The molecule has 0 aromatic heterocycles. The first-order valence-corrected chi connectivity index (χ1v) is 6.91. The van der Waals surface area contributed by atoms with Crippen LogP contribution in [0.2, 0.25) is 0 Å². The first kappa shape index (κ1) is 11.2. The molecule has 1 aromatic rings. The van der Waals surface area contributed by atoms with E-state index in [1.54, 1.807) is 5.56 Å². The topological polar surface area (TPSA) is 15.3 Å². The molecule has 0 radical (unpaired) electrons. The molecule has 0 saturated carbocycles. The Morgan fingerprint density at radius 1 is 1.35 bits per heavy atom. The molecular formula is C15H22N2. The van der Waals surface area contributed by atoms with Crippen molar-refractivity contribution >= 4 is 0 Å². The fraction of sp³-hybridized carbons (Fsp3) is 0.600. The molecule has 2 heterocycles. The van der Waals surface area contributed by atoms with E-state index in [9.17, 15) is 0 Å². The van der Waals surface area contributed by atoms with Gasteiger partial charge in [0.05, 0.1) is 0 Å². The number of rotatable bonds is 2. The zero-order chi connectivity index (χ0) is 11.7. The number of fused-ring (bicyclic) bond motifs is 1. The van der Waals surface area contributed by atoms with E-state index in [-0.39, 0.29) is 0 Å². The van der Waals surface area contributed by atoms with Gasteiger partial charge in [0.15, 0.2) is 0 Å². The molecule has 0 amide bonds. The van der Waals surface area contributed by atoms with Crippen LogP contribution in [-0.4, -0.2) is 24.5 Å². The summed E-state index contributed by atoms with van der Waals surface area (Å²) >= 11 is 0. The maximum Gasteiger partial charge on any atom is 0.0476 e. The highest BCUT2D eigenvalue weighted by molar-refractivity contribution is 5.32. The lowest BCUT2D eigenvalue weighted by Crippen LogP contribution is -2.38. The largest absolute Gasteiger partial charge is 0.311 e. The lowest BCUT2D eigenvalue weighted by molar-refractivity contribution is 0.220. The van der Waals surface area contributed by atoms with Crippen LogP contribution in [0.3, 0.4) is 0 Å². The van der Waals surface area contributed by atoms with Crippen molar-refractivity contribution < 1.29 is 0 Å². The summed E-state index contributed by atoms with van der Waals surface area (Å²) in [4.78, 5) is 2.68. The van der Waals surface area contributed by atoms with Crippen LogP contribution in [-0.2, 0) is 6.54 Å². The average molecular weight is 230 g/mol. The van der Waals surface area contributed by atoms with Crippen molar-refractivity contribution in [3.8, 4) is 0 Å². The van der Waals surface area contributed by atoms with Gasteiger partial charge in [0.25, 0.3) is 0 Å². The smallest absolute Gasteiger partial charge is 0.0476 e. The van der Waals surface area contributed by atoms with Crippen LogP contribution in [0.5, 0.6) is 0 Å². The lowest BCUT2D eigenvalue weighted by Gasteiger charge is -2.33. The average Bonchev–Trinajstić information content (AvgIpc) is 2.87. The van der Waals surface area contributed by atoms with E-state index in [4.69, 9.17) is 0 Å². The van der Waals surface area contributed by atoms with Gasteiger partial charge in [0, 0.05) is 25.7 Å². The quantitative estimate of drug-likeness (QED) is 0.840. The molecule has 17 heavy (non-hydrogen) atoms. The van der Waals surface area contributed by atoms with Crippen LogP contribution in [0.1, 0.15) is 36.9 Å². The minimum Gasteiger partial charge on any atom is -0.311 e. The molecule has 2 atom stereocenters. The van der Waals surface area contributed by atoms with Gasteiger partial charge >= 0.3 is 0 Å². The molecule has 0 bridgehead atoms. The molecule has 2 aliphatic rings. The number of likely N-dealkylation sites (tertiary alicyclic amines) is 1. The lowest BCUT2D eigenvalue weighted by atomic mass is 9.95. The summed E-state index contributed by atoms with van der Waals surface area (Å²) in [6, 6.07) is 9.53. The third-order valence-electron chi connectivity index (χ3n) is 4.40. The second-order valence-electron chi connectivity index (χ2n) is 5.40. The number of nitrogens with zero attached hydrogens (tertiary/aromatic N) is 1. The van der Waals surface area contributed by atoms with E-state index >= 15 is 0 Å². The summed E-state index contributed by atoms with van der Waals surface area (Å²) in [6.07, 6.45) is 2.72. The Kier molecular flexibility index (Phi) is 3.17. The van der Waals surface area contributed by atoms with E-state index in [1.807, 2.05) is 0 Å². The van der Waals surface area contributed by atoms with Crippen molar-refractivity contribution in [1.82, 2.24) is 10.2 Å². The van der Waals surface area contributed by atoms with Gasteiger partial charge in [-0.2, -0.15) is 0 Å². The van der Waals surface area contributed by atoms with Crippen molar-refractivity contribution in [3.05, 3.63) is 35.4 Å². The Bertz CT molecular complexity index is 388. The fourth-order valence-electron chi connectivity index (χ4n) is 3.28. The summed E-state index contributed by atoms with van der Waals surface area (Å²) in [5, 5.41) is 3.56. The van der Waals surface area contributed by atoms with Crippen molar-refractivity contribution in [1.29, 1.82) is 0 Å². The van der Waals surface area contributed by atoms with Crippen LogP contribution < -0.4 is 5.32 Å². The van der Waals surface area contributed by atoms with Crippen LogP contribution in [0.25, 0.3) is 0 Å². The highest BCUT2D eigenvalue weighted by atomic mass is 15.2. The van der Waals surface area contributed by atoms with Gasteiger partial charge in [-0.1, -0.05) is 37.6 Å². The molecule has 3 rings (SSSR count). The zero-order valence-corrected chi connectivity index (χ0v) is 10.7. The molecular weight excluding hydrogens is 208 g/mol. The zero-order valence-electron chi connectivity index (χ0n) is 10.7. The normalized spacial score (nSPS) is 29.2. The van der Waals surface area contributed by atoms with Crippen LogP contribution in [0.15, 0.2) is 24.3 Å². The Morgan fingerprint density at radius 3 is 3.06 bits per heavy atom. The molecule has 2 aliphatic heterocycles. The molecule has 2 nitrogen and oxygen atoms in total. The van der Waals surface area contributed by atoms with Crippen LogP contribution in [0.4, 0.5) is 0 Å². The minimum atomic E-state index is 0.608. The van der Waals surface area contributed by atoms with E-state index in [0.29, 0.717) is 6.04 Å². The third kappa shape index (κ3) is 2.12. The van der Waals surface area contributed by atoms with E-state index in [2.05, 4.69) is 41.4 Å². The highest BCUT2D eigenvalue weighted by Crippen LogP contribution is 2.32. The number of hydrogen-bond donors (Lipinski definition) is 1. The summed E-state index contributed by atoms with van der Waals surface area (Å²) < 4.78 is 0. The molecule has 1 aromatic carbocycles. The summed E-state index contributed by atoms with van der Waals surface area (Å²) in [5.41, 5.74) is 3.05. The molecule has 92 valence electrons. The Hall–Kier alpha value is -0.860. The van der Waals surface area contributed by atoms with Crippen LogP contribution in [0, 0.1) is 5.92 Å². The van der Waals surface area contributed by atoms with Gasteiger partial charge in [0.2, 0.25) is 0 Å². The molecule has 2 unspecified atom stereocenters. The monoisotopic (exact) mass is 230 g/mol. The van der Waals surface area contributed by atoms with Gasteiger partial charge < -0.3 is 5.32 Å². The Labute approximate surface area is 104 Å². The van der Waals surface area contributed by atoms with Crippen molar-refractivity contribution in [2.24, 2.45) is 5.92 Å². The molecule has 1 N–H and O–H groups in total. The first-order chi connectivity index (χ1) is 8.38. The summed E-state index contributed by atoms with van der Waals surface area (Å²) in [5.74, 6) is 0.920. The highest BCUT2D eigenvalue weighted by Gasteiger charge is 2.30. The van der Waals surface area contributed by atoms with Crippen LogP contribution >= 0.6 is 0 Å². The van der Waals surface area contributed by atoms with E-state index in [1.165, 1.54) is 31.5 Å². The summed E-state index contributed by atoms with van der Waals surface area (Å²) in [7, 11) is 0. The van der Waals surface area contributed by atoms with Gasteiger partial charge in [-0.15, -0.1) is 0 Å². The fourth-order valence-corrected chi connectivity index (χ4v) is 3.28. The van der Waals surface area contributed by atoms with E-state index < -0.39 is 0 Å². The first-order valence-electron chi connectivity index (χ1n) is 6.91. The van der Waals surface area contributed by atoms with Crippen molar-refractivity contribution in [3.63, 3.8) is 0 Å². The summed E-state index contributed by atoms with van der Waals surface area (Å²) in [6.45, 7) is 7.04. The number of hydrogen-bond acceptors (Lipinski definition) is 2. The van der Waals surface area contributed by atoms with Crippen molar-refractivity contribution in [2.45, 2.75) is 32.4 Å². The maximum absolute atomic E-state index is 3.56. The van der Waals surface area contributed by atoms with E-state index in [0.717, 1.165) is 19.0 Å². The maximum atomic E-state index is 3.56. The SMILES string of the molecule is CCC1CCN(C2CNCc3ccccc32)C1. The molecule has 1 saturated heterocycles. The molecule has 2 heteroatoms. The van der Waals surface area contributed by atoms with Crippen molar-refractivity contribution in [2.75, 3.05) is 19.6 Å². The predicted octanol–water partition coefficient (Wildman–Crippen LogP) is 2.56.